The molecule has 129 heavy (non-hydrogen) atoms. The van der Waals surface area contributed by atoms with Crippen molar-refractivity contribution in [2.24, 2.45) is 0 Å². The van der Waals surface area contributed by atoms with E-state index in [1.165, 1.54) is 181 Å². The van der Waals surface area contributed by atoms with E-state index < -0.39 is 0 Å². The highest BCUT2D eigenvalue weighted by Crippen LogP contribution is 2.49. The smallest absolute Gasteiger partial charge is 0.0541 e. The fourth-order valence-electron chi connectivity index (χ4n) is 19.8. The summed E-state index contributed by atoms with van der Waals surface area (Å²) in [5.41, 5.74) is 34.5. The Balaban J connectivity index is 0.000000147. The number of rotatable bonds is 16. The minimum absolute atomic E-state index is 1.10. The van der Waals surface area contributed by atoms with Crippen LogP contribution in [0.1, 0.15) is 5.56 Å². The molecule has 0 saturated heterocycles. The molecule has 0 atom stereocenters. The standard InChI is InChI=1S/C63H44N2.C62H42N2/c1-43-24-41-58-59(42-43)63(49-31-25-45(26-32-49)44-14-4-2-5-15-44)57-21-9-8-20-56(57)62(58)48-29-27-46(28-30-48)47-33-35-51(36-34-47)64(50-16-6-3-7-17-50)52-37-39-53(40-38-52)65-60-22-12-10-18-54(60)55-19-11-13-23-61(55)65;1-3-15-43(16-4-1)44-27-31-47(32-28-44)61-55-21-7-9-23-57(55)62(58-24-10-8-22-56(58)61)48-33-29-45(30-34-48)46-35-37-50(38-36-46)63(49-17-5-2-6-18-49)51-39-41-52(42-40-51)64-59-25-13-11-19-53(59)54-20-12-14-26-60(54)64/h2-42H,1H3;1-42H. The zero-order valence-corrected chi connectivity index (χ0v) is 71.2. The minimum Gasteiger partial charge on any atom is -0.311 e. The van der Waals surface area contributed by atoms with Gasteiger partial charge in [-0.05, 0) is 260 Å². The van der Waals surface area contributed by atoms with Crippen molar-refractivity contribution in [2.45, 2.75) is 6.92 Å². The van der Waals surface area contributed by atoms with Crippen molar-refractivity contribution in [3.05, 3.63) is 509 Å². The third-order valence-electron chi connectivity index (χ3n) is 25.9. The summed E-state index contributed by atoms with van der Waals surface area (Å²) < 4.78 is 4.74. The van der Waals surface area contributed by atoms with E-state index in [2.05, 4.69) is 529 Å². The summed E-state index contributed by atoms with van der Waals surface area (Å²) in [6.45, 7) is 2.19. The number of para-hydroxylation sites is 6. The molecule has 606 valence electrons. The molecule has 0 fully saturated rings. The van der Waals surface area contributed by atoms with E-state index in [9.17, 15) is 0 Å². The Morgan fingerprint density at radius 2 is 0.326 bits per heavy atom. The largest absolute Gasteiger partial charge is 0.311 e. The van der Waals surface area contributed by atoms with Gasteiger partial charge >= 0.3 is 0 Å². The van der Waals surface area contributed by atoms with Gasteiger partial charge in [0.25, 0.3) is 0 Å². The van der Waals surface area contributed by atoms with Crippen LogP contribution in [0.15, 0.2) is 504 Å². The average Bonchev–Trinajstić information content (AvgIpc) is 1.77. The Labute approximate surface area is 750 Å². The van der Waals surface area contributed by atoms with Gasteiger partial charge in [0.05, 0.1) is 22.1 Å². The summed E-state index contributed by atoms with van der Waals surface area (Å²) in [6.07, 6.45) is 0. The van der Waals surface area contributed by atoms with Crippen molar-refractivity contribution in [3.63, 3.8) is 0 Å². The molecule has 0 radical (unpaired) electrons. The van der Waals surface area contributed by atoms with Gasteiger partial charge in [0.2, 0.25) is 0 Å². The van der Waals surface area contributed by atoms with Crippen LogP contribution in [0, 0.1) is 6.92 Å². The van der Waals surface area contributed by atoms with Crippen molar-refractivity contribution in [1.82, 2.24) is 9.13 Å². The second-order valence-corrected chi connectivity index (χ2v) is 33.4. The van der Waals surface area contributed by atoms with E-state index in [1.54, 1.807) is 0 Å². The molecule has 0 saturated carbocycles. The summed E-state index contributed by atoms with van der Waals surface area (Å²) in [4.78, 5) is 4.67. The van der Waals surface area contributed by atoms with Crippen LogP contribution in [0.5, 0.6) is 0 Å². The Morgan fingerprint density at radius 1 is 0.140 bits per heavy atom. The molecule has 0 N–H and O–H groups in total. The number of aryl methyl sites for hydroxylation is 1. The predicted molar refractivity (Wildman–Crippen MR) is 549 cm³/mol. The average molecular weight is 1640 g/mol. The Bertz CT molecular complexity index is 8090. The van der Waals surface area contributed by atoms with Gasteiger partial charge in [0.15, 0.2) is 0 Å². The molecule has 2 aromatic heterocycles. The van der Waals surface area contributed by atoms with E-state index in [-0.39, 0.29) is 0 Å². The first-order valence-corrected chi connectivity index (χ1v) is 44.4. The zero-order valence-electron chi connectivity index (χ0n) is 71.2. The van der Waals surface area contributed by atoms with Gasteiger partial charge in [-0.2, -0.15) is 0 Å². The molecule has 0 aliphatic carbocycles. The highest BCUT2D eigenvalue weighted by Gasteiger charge is 2.23. The van der Waals surface area contributed by atoms with Gasteiger partial charge < -0.3 is 18.9 Å². The van der Waals surface area contributed by atoms with Gasteiger partial charge in [0, 0.05) is 67.0 Å². The highest BCUT2D eigenvalue weighted by atomic mass is 15.1. The van der Waals surface area contributed by atoms with Crippen molar-refractivity contribution in [1.29, 1.82) is 0 Å². The molecular weight excluding hydrogens is 1560 g/mol. The maximum Gasteiger partial charge on any atom is 0.0541 e. The van der Waals surface area contributed by atoms with Crippen molar-refractivity contribution in [2.75, 3.05) is 9.80 Å². The Hall–Kier alpha value is -16.9. The lowest BCUT2D eigenvalue weighted by Gasteiger charge is -2.26. The zero-order chi connectivity index (χ0) is 85.7. The normalized spacial score (nSPS) is 11.4. The molecule has 0 spiro atoms. The summed E-state index contributed by atoms with van der Waals surface area (Å²) in [5, 5.41) is 15.1. The van der Waals surface area contributed by atoms with Crippen LogP contribution in [0.3, 0.4) is 0 Å². The number of anilines is 6. The number of benzene rings is 22. The molecule has 0 aliphatic rings. The first-order valence-electron chi connectivity index (χ1n) is 44.4. The minimum atomic E-state index is 1.10. The van der Waals surface area contributed by atoms with E-state index in [0.717, 1.165) is 45.5 Å². The van der Waals surface area contributed by atoms with Gasteiger partial charge in [-0.15, -0.1) is 0 Å². The van der Waals surface area contributed by atoms with Crippen LogP contribution in [-0.2, 0) is 0 Å². The summed E-state index contributed by atoms with van der Waals surface area (Å²) in [5.74, 6) is 0. The van der Waals surface area contributed by atoms with E-state index >= 15 is 0 Å². The molecule has 2 heterocycles. The SMILES string of the molecule is Cc1ccc2c(-c3ccc(-c4ccc(N(c5ccccc5)c5ccc(-n6c7ccccc7c7ccccc76)cc5)cc4)cc3)c3ccccc3c(-c3ccc(-c4ccccc4)cc3)c2c1.c1ccc(-c2ccc(-c3c4ccccc4c(-c4ccc(-c5ccc(N(c6ccccc6)c6ccc(-n7c8ccccc8c8ccccc87)cc6)cc5)cc4)c4ccccc34)cc2)cc1. The van der Waals surface area contributed by atoms with Crippen molar-refractivity contribution < 1.29 is 0 Å². The van der Waals surface area contributed by atoms with Crippen LogP contribution < -0.4 is 9.80 Å². The van der Waals surface area contributed by atoms with Crippen molar-refractivity contribution >= 4 is 121 Å². The number of fused-ring (bicyclic) bond motifs is 10. The van der Waals surface area contributed by atoms with Gasteiger partial charge in [-0.25, -0.2) is 0 Å². The lowest BCUT2D eigenvalue weighted by Crippen LogP contribution is -2.10. The van der Waals surface area contributed by atoms with Crippen LogP contribution >= 0.6 is 0 Å². The fourth-order valence-corrected chi connectivity index (χ4v) is 19.8. The summed E-state index contributed by atoms with van der Waals surface area (Å²) in [7, 11) is 0. The highest BCUT2D eigenvalue weighted by molar-refractivity contribution is 6.23. The summed E-state index contributed by atoms with van der Waals surface area (Å²) in [6, 6.07) is 183. The number of nitrogens with zero attached hydrogens (tertiary/aromatic N) is 4. The molecule has 0 bridgehead atoms. The number of hydrogen-bond donors (Lipinski definition) is 0. The van der Waals surface area contributed by atoms with Crippen LogP contribution in [0.25, 0.3) is 187 Å². The maximum atomic E-state index is 2.37. The molecule has 24 rings (SSSR count). The number of aromatic nitrogens is 2. The summed E-state index contributed by atoms with van der Waals surface area (Å²) >= 11 is 0. The third-order valence-corrected chi connectivity index (χ3v) is 25.9. The molecule has 0 unspecified atom stereocenters. The van der Waals surface area contributed by atoms with Gasteiger partial charge in [-0.1, -0.05) is 388 Å². The first-order chi connectivity index (χ1) is 63.9. The fraction of sp³-hybridized carbons (Fsp3) is 0.00800. The van der Waals surface area contributed by atoms with Crippen LogP contribution in [-0.4, -0.2) is 9.13 Å². The topological polar surface area (TPSA) is 16.3 Å². The Morgan fingerprint density at radius 3 is 0.597 bits per heavy atom. The monoisotopic (exact) mass is 1640 g/mol. The number of hydrogen-bond acceptors (Lipinski definition) is 2. The van der Waals surface area contributed by atoms with E-state index in [1.807, 2.05) is 0 Å². The molecule has 0 aliphatic heterocycles. The lowest BCUT2D eigenvalue weighted by molar-refractivity contribution is 1.17. The molecule has 4 nitrogen and oxygen atoms in total. The Kier molecular flexibility index (Phi) is 19.9. The van der Waals surface area contributed by atoms with Crippen LogP contribution in [0.4, 0.5) is 34.1 Å². The quantitative estimate of drug-likeness (QED) is 0.0897. The molecular formula is C125H86N4. The maximum absolute atomic E-state index is 2.37. The third kappa shape index (κ3) is 14.2. The first kappa shape index (κ1) is 76.9. The molecule has 4 heteroatoms. The van der Waals surface area contributed by atoms with E-state index in [0.29, 0.717) is 0 Å². The predicted octanol–water partition coefficient (Wildman–Crippen LogP) is 34.8. The van der Waals surface area contributed by atoms with Crippen LogP contribution in [0.2, 0.25) is 0 Å². The van der Waals surface area contributed by atoms with E-state index in [4.69, 9.17) is 0 Å². The van der Waals surface area contributed by atoms with Gasteiger partial charge in [-0.3, -0.25) is 0 Å². The second kappa shape index (κ2) is 33.3. The lowest BCUT2D eigenvalue weighted by atomic mass is 9.85. The van der Waals surface area contributed by atoms with Crippen molar-refractivity contribution in [3.8, 4) is 100 Å². The van der Waals surface area contributed by atoms with Gasteiger partial charge in [0.1, 0.15) is 0 Å². The second-order valence-electron chi connectivity index (χ2n) is 33.4. The molecule has 0 amide bonds. The molecule has 22 aromatic carbocycles. The molecule has 24 aromatic rings.